The number of anilines is 3. The number of amides is 1. The first-order chi connectivity index (χ1) is 13.1. The van der Waals surface area contributed by atoms with E-state index in [0.717, 1.165) is 5.69 Å². The second kappa shape index (κ2) is 8.09. The molecular weight excluding hydrogens is 344 g/mol. The van der Waals surface area contributed by atoms with Crippen LogP contribution in [-0.4, -0.2) is 36.0 Å². The van der Waals surface area contributed by atoms with Crippen molar-refractivity contribution in [3.05, 3.63) is 78.2 Å². The van der Waals surface area contributed by atoms with Crippen molar-refractivity contribution in [2.24, 2.45) is 0 Å². The molecule has 136 valence electrons. The molecule has 27 heavy (non-hydrogen) atoms. The van der Waals surface area contributed by atoms with Gasteiger partial charge < -0.3 is 15.0 Å². The number of aromatic nitrogens is 2. The fourth-order valence-corrected chi connectivity index (χ4v) is 2.50. The molecule has 0 aliphatic heterocycles. The van der Waals surface area contributed by atoms with Crippen LogP contribution in [0.15, 0.2) is 67.0 Å². The Morgan fingerprint density at radius 1 is 1.00 bits per heavy atom. The maximum absolute atomic E-state index is 12.6. The number of carbonyl (C=O) groups excluding carboxylic acids is 2. The van der Waals surface area contributed by atoms with Crippen molar-refractivity contribution in [1.82, 2.24) is 9.97 Å². The average Bonchev–Trinajstić information content (AvgIpc) is 2.73. The smallest absolute Gasteiger partial charge is 0.339 e. The number of methoxy groups -OCH3 is 1. The standard InChI is InChI=1S/C20H18N4O3/c1-24(14-8-4-3-5-9-14)18-12-17(21-13-22-18)19(25)23-16-11-7-6-10-15(16)20(26)27-2/h3-13H,1-2H3,(H,23,25). The highest BCUT2D eigenvalue weighted by Crippen LogP contribution is 2.22. The van der Waals surface area contributed by atoms with E-state index in [2.05, 4.69) is 15.3 Å². The van der Waals surface area contributed by atoms with Gasteiger partial charge >= 0.3 is 5.97 Å². The molecule has 7 nitrogen and oxygen atoms in total. The molecule has 3 rings (SSSR count). The number of benzene rings is 2. The van der Waals surface area contributed by atoms with Gasteiger partial charge in [0, 0.05) is 18.8 Å². The van der Waals surface area contributed by atoms with Gasteiger partial charge in [0.1, 0.15) is 17.8 Å². The Kier molecular flexibility index (Phi) is 5.41. The topological polar surface area (TPSA) is 84.4 Å². The molecule has 1 heterocycles. The van der Waals surface area contributed by atoms with Crippen molar-refractivity contribution in [2.45, 2.75) is 0 Å². The number of rotatable bonds is 5. The van der Waals surface area contributed by atoms with Gasteiger partial charge in [-0.2, -0.15) is 0 Å². The van der Waals surface area contributed by atoms with Crippen LogP contribution in [0.2, 0.25) is 0 Å². The van der Waals surface area contributed by atoms with E-state index in [-0.39, 0.29) is 11.3 Å². The molecule has 1 amide bonds. The Balaban J connectivity index is 1.84. The van der Waals surface area contributed by atoms with Crippen LogP contribution in [-0.2, 0) is 4.74 Å². The second-order valence-corrected chi connectivity index (χ2v) is 5.65. The number of nitrogens with one attached hydrogen (secondary N) is 1. The van der Waals surface area contributed by atoms with Crippen LogP contribution in [0.1, 0.15) is 20.8 Å². The van der Waals surface area contributed by atoms with Crippen molar-refractivity contribution < 1.29 is 14.3 Å². The first-order valence-electron chi connectivity index (χ1n) is 8.19. The van der Waals surface area contributed by atoms with Gasteiger partial charge in [0.2, 0.25) is 0 Å². The van der Waals surface area contributed by atoms with E-state index in [4.69, 9.17) is 4.74 Å². The Hall–Kier alpha value is -3.74. The largest absolute Gasteiger partial charge is 0.465 e. The lowest BCUT2D eigenvalue weighted by Crippen LogP contribution is -2.18. The summed E-state index contributed by atoms with van der Waals surface area (Å²) in [5.41, 5.74) is 1.73. The highest BCUT2D eigenvalue weighted by Gasteiger charge is 2.16. The molecule has 0 unspecified atom stereocenters. The zero-order valence-corrected chi connectivity index (χ0v) is 14.9. The average molecular weight is 362 g/mol. The fraction of sp³-hybridized carbons (Fsp3) is 0.100. The van der Waals surface area contributed by atoms with Gasteiger partial charge in [0.15, 0.2) is 0 Å². The molecule has 0 bridgehead atoms. The molecule has 0 fully saturated rings. The number of hydrogen-bond acceptors (Lipinski definition) is 6. The first-order valence-corrected chi connectivity index (χ1v) is 8.19. The van der Waals surface area contributed by atoms with Crippen molar-refractivity contribution in [2.75, 3.05) is 24.4 Å². The van der Waals surface area contributed by atoms with E-state index in [9.17, 15) is 9.59 Å². The fourth-order valence-electron chi connectivity index (χ4n) is 2.50. The molecule has 0 atom stereocenters. The molecule has 0 saturated heterocycles. The minimum Gasteiger partial charge on any atom is -0.465 e. The number of hydrogen-bond donors (Lipinski definition) is 1. The van der Waals surface area contributed by atoms with Crippen LogP contribution in [0.5, 0.6) is 0 Å². The van der Waals surface area contributed by atoms with Gasteiger partial charge in [0.25, 0.3) is 5.91 Å². The first kappa shape index (κ1) is 18.1. The molecule has 0 radical (unpaired) electrons. The van der Waals surface area contributed by atoms with Crippen LogP contribution in [0.4, 0.5) is 17.2 Å². The van der Waals surface area contributed by atoms with Gasteiger partial charge in [-0.15, -0.1) is 0 Å². The highest BCUT2D eigenvalue weighted by atomic mass is 16.5. The normalized spacial score (nSPS) is 10.1. The lowest BCUT2D eigenvalue weighted by molar-refractivity contribution is 0.0602. The second-order valence-electron chi connectivity index (χ2n) is 5.65. The Morgan fingerprint density at radius 2 is 1.70 bits per heavy atom. The van der Waals surface area contributed by atoms with Gasteiger partial charge in [-0.25, -0.2) is 14.8 Å². The van der Waals surface area contributed by atoms with Gasteiger partial charge in [-0.3, -0.25) is 4.79 Å². The lowest BCUT2D eigenvalue weighted by atomic mass is 10.1. The Bertz CT molecular complexity index is 960. The molecule has 0 aliphatic carbocycles. The number of ether oxygens (including phenoxy) is 1. The van der Waals surface area contributed by atoms with Crippen LogP contribution >= 0.6 is 0 Å². The third-order valence-corrected chi connectivity index (χ3v) is 3.95. The molecule has 0 saturated carbocycles. The zero-order chi connectivity index (χ0) is 19.2. The summed E-state index contributed by atoms with van der Waals surface area (Å²) >= 11 is 0. The minimum absolute atomic E-state index is 0.183. The van der Waals surface area contributed by atoms with E-state index in [1.165, 1.54) is 13.4 Å². The number of carbonyl (C=O) groups is 2. The SMILES string of the molecule is COC(=O)c1ccccc1NC(=O)c1cc(N(C)c2ccccc2)ncn1. The van der Waals surface area contributed by atoms with E-state index in [1.54, 1.807) is 30.3 Å². The van der Waals surface area contributed by atoms with Crippen molar-refractivity contribution >= 4 is 29.1 Å². The quantitative estimate of drug-likeness (QED) is 0.701. The van der Waals surface area contributed by atoms with Crippen LogP contribution in [0, 0.1) is 0 Å². The van der Waals surface area contributed by atoms with Gasteiger partial charge in [-0.05, 0) is 24.3 Å². The molecule has 1 aromatic heterocycles. The third-order valence-electron chi connectivity index (χ3n) is 3.95. The predicted octanol–water partition coefficient (Wildman–Crippen LogP) is 3.28. The van der Waals surface area contributed by atoms with E-state index in [0.29, 0.717) is 11.5 Å². The minimum atomic E-state index is -0.530. The molecule has 0 spiro atoms. The highest BCUT2D eigenvalue weighted by molar-refractivity contribution is 6.07. The maximum Gasteiger partial charge on any atom is 0.339 e. The Morgan fingerprint density at radius 3 is 2.44 bits per heavy atom. The molecule has 2 aromatic carbocycles. The summed E-state index contributed by atoms with van der Waals surface area (Å²) in [6.07, 6.45) is 1.33. The number of nitrogens with zero attached hydrogens (tertiary/aromatic N) is 3. The molecule has 3 aromatic rings. The van der Waals surface area contributed by atoms with Gasteiger partial charge in [-0.1, -0.05) is 30.3 Å². The summed E-state index contributed by atoms with van der Waals surface area (Å²) in [4.78, 5) is 34.6. The summed E-state index contributed by atoms with van der Waals surface area (Å²) in [5.74, 6) is -0.405. The summed E-state index contributed by atoms with van der Waals surface area (Å²) in [6.45, 7) is 0. The van der Waals surface area contributed by atoms with Crippen LogP contribution in [0.25, 0.3) is 0 Å². The summed E-state index contributed by atoms with van der Waals surface area (Å²) in [7, 11) is 3.14. The molecule has 1 N–H and O–H groups in total. The van der Waals surface area contributed by atoms with Crippen molar-refractivity contribution in [3.63, 3.8) is 0 Å². The van der Waals surface area contributed by atoms with Crippen LogP contribution in [0.3, 0.4) is 0 Å². The van der Waals surface area contributed by atoms with E-state index in [1.807, 2.05) is 42.3 Å². The summed E-state index contributed by atoms with van der Waals surface area (Å²) < 4.78 is 4.74. The van der Waals surface area contributed by atoms with E-state index >= 15 is 0 Å². The molecule has 0 aliphatic rings. The van der Waals surface area contributed by atoms with E-state index < -0.39 is 11.9 Å². The van der Waals surface area contributed by atoms with Crippen molar-refractivity contribution in [3.8, 4) is 0 Å². The third kappa shape index (κ3) is 4.09. The van der Waals surface area contributed by atoms with Crippen molar-refractivity contribution in [1.29, 1.82) is 0 Å². The Labute approximate surface area is 156 Å². The predicted molar refractivity (Wildman–Crippen MR) is 102 cm³/mol. The maximum atomic E-state index is 12.6. The number of esters is 1. The monoisotopic (exact) mass is 362 g/mol. The zero-order valence-electron chi connectivity index (χ0n) is 14.9. The molecule has 7 heteroatoms. The molecular formula is C20H18N4O3. The summed E-state index contributed by atoms with van der Waals surface area (Å²) in [6, 6.07) is 17.9. The van der Waals surface area contributed by atoms with Gasteiger partial charge in [0.05, 0.1) is 18.4 Å². The summed E-state index contributed by atoms with van der Waals surface area (Å²) in [5, 5.41) is 2.70. The lowest BCUT2D eigenvalue weighted by Gasteiger charge is -2.18. The van der Waals surface area contributed by atoms with Crippen LogP contribution < -0.4 is 10.2 Å². The number of para-hydroxylation sites is 2.